The first kappa shape index (κ1) is 17.4. The molecule has 1 nitrogen and oxygen atoms in total. The summed E-state index contributed by atoms with van der Waals surface area (Å²) >= 11 is 0. The normalized spacial score (nSPS) is 20.6. The van der Waals surface area contributed by atoms with Gasteiger partial charge in [-0.15, -0.1) is 5.60 Å². The van der Waals surface area contributed by atoms with Crippen LogP contribution in [0.5, 0.6) is 0 Å². The monoisotopic (exact) mass is 228 g/mol. The van der Waals surface area contributed by atoms with Crippen LogP contribution >= 0.6 is 0 Å². The molecule has 0 atom stereocenters. The summed E-state index contributed by atoms with van der Waals surface area (Å²) in [6.45, 7) is 4.31. The van der Waals surface area contributed by atoms with Crippen LogP contribution in [0.15, 0.2) is 0 Å². The van der Waals surface area contributed by atoms with Crippen LogP contribution in [0.4, 0.5) is 0 Å². The zero-order valence-corrected chi connectivity index (χ0v) is 11.7. The first-order valence-electron chi connectivity index (χ1n) is 5.33. The summed E-state index contributed by atoms with van der Waals surface area (Å²) in [4.78, 5) is 0. The van der Waals surface area contributed by atoms with Gasteiger partial charge in [-0.1, -0.05) is 58.8 Å². The standard InChI is InChI=1S/C11H21O.ClH.Mg/c1-10(2)9-11(12)7-5-3-4-6-8-11;;/h10H,3-9H2,1-2H3;1H;/q-1;;+2/p-1. The van der Waals surface area contributed by atoms with Gasteiger partial charge in [0.15, 0.2) is 0 Å². The van der Waals surface area contributed by atoms with Crippen molar-refractivity contribution in [2.75, 3.05) is 0 Å². The maximum Gasteiger partial charge on any atom is 2.00 e. The summed E-state index contributed by atoms with van der Waals surface area (Å²) in [6, 6.07) is 0. The van der Waals surface area contributed by atoms with E-state index in [1.54, 1.807) is 0 Å². The average molecular weight is 229 g/mol. The second kappa shape index (κ2) is 8.20. The van der Waals surface area contributed by atoms with E-state index in [1.807, 2.05) is 0 Å². The minimum absolute atomic E-state index is 0. The summed E-state index contributed by atoms with van der Waals surface area (Å²) in [5, 5.41) is 12.2. The molecule has 0 aromatic heterocycles. The Morgan fingerprint density at radius 1 is 1.07 bits per heavy atom. The Morgan fingerprint density at radius 3 is 1.86 bits per heavy atom. The fraction of sp³-hybridized carbons (Fsp3) is 1.00. The first-order valence-corrected chi connectivity index (χ1v) is 5.33. The van der Waals surface area contributed by atoms with Crippen molar-refractivity contribution in [3.05, 3.63) is 0 Å². The Labute approximate surface area is 111 Å². The Morgan fingerprint density at radius 2 is 1.50 bits per heavy atom. The minimum Gasteiger partial charge on any atom is -1.00 e. The van der Waals surface area contributed by atoms with Gasteiger partial charge in [-0.25, -0.2) is 0 Å². The van der Waals surface area contributed by atoms with Crippen LogP contribution in [0.1, 0.15) is 58.8 Å². The van der Waals surface area contributed by atoms with Crippen molar-refractivity contribution < 1.29 is 17.5 Å². The predicted molar refractivity (Wildman–Crippen MR) is 55.6 cm³/mol. The van der Waals surface area contributed by atoms with Crippen molar-refractivity contribution in [1.29, 1.82) is 0 Å². The van der Waals surface area contributed by atoms with Gasteiger partial charge in [-0.2, -0.15) is 0 Å². The van der Waals surface area contributed by atoms with E-state index >= 15 is 0 Å². The van der Waals surface area contributed by atoms with Crippen LogP contribution in [0, 0.1) is 5.92 Å². The van der Waals surface area contributed by atoms with Crippen LogP contribution in [0.3, 0.4) is 0 Å². The number of rotatable bonds is 2. The molecular formula is C11H21ClMgO. The molecule has 0 amide bonds. The molecule has 0 radical (unpaired) electrons. The van der Waals surface area contributed by atoms with E-state index in [1.165, 1.54) is 12.8 Å². The second-order valence-corrected chi connectivity index (χ2v) is 4.70. The minimum atomic E-state index is -0.565. The molecule has 80 valence electrons. The van der Waals surface area contributed by atoms with Gasteiger partial charge in [0.1, 0.15) is 0 Å². The average Bonchev–Trinajstić information content (AvgIpc) is 2.12. The van der Waals surface area contributed by atoms with Crippen LogP contribution in [0.2, 0.25) is 0 Å². The van der Waals surface area contributed by atoms with Crippen molar-refractivity contribution >= 4 is 23.1 Å². The van der Waals surface area contributed by atoms with E-state index in [0.717, 1.165) is 32.1 Å². The van der Waals surface area contributed by atoms with Gasteiger partial charge in [0.25, 0.3) is 0 Å². The van der Waals surface area contributed by atoms with Gasteiger partial charge in [0, 0.05) is 0 Å². The largest absolute Gasteiger partial charge is 2.00 e. The molecule has 0 aliphatic heterocycles. The molecule has 0 N–H and O–H groups in total. The second-order valence-electron chi connectivity index (χ2n) is 4.70. The van der Waals surface area contributed by atoms with Crippen molar-refractivity contribution in [3.8, 4) is 0 Å². The molecular weight excluding hydrogens is 208 g/mol. The van der Waals surface area contributed by atoms with Gasteiger partial charge < -0.3 is 17.5 Å². The Hall–Kier alpha value is 1.02. The van der Waals surface area contributed by atoms with E-state index in [-0.39, 0.29) is 35.5 Å². The molecule has 1 aliphatic rings. The van der Waals surface area contributed by atoms with E-state index in [9.17, 15) is 5.11 Å². The fourth-order valence-electron chi connectivity index (χ4n) is 2.32. The fourth-order valence-corrected chi connectivity index (χ4v) is 2.32. The Bertz CT molecular complexity index is 131. The van der Waals surface area contributed by atoms with E-state index in [2.05, 4.69) is 13.8 Å². The molecule has 14 heavy (non-hydrogen) atoms. The maximum absolute atomic E-state index is 12.2. The third-order valence-electron chi connectivity index (χ3n) is 2.80. The molecule has 0 unspecified atom stereocenters. The Kier molecular flexibility index (Phi) is 10.2. The summed E-state index contributed by atoms with van der Waals surface area (Å²) in [6.07, 6.45) is 7.61. The summed E-state index contributed by atoms with van der Waals surface area (Å²) in [5.74, 6) is 0.570. The van der Waals surface area contributed by atoms with Crippen LogP contribution in [-0.4, -0.2) is 28.7 Å². The molecule has 3 heteroatoms. The van der Waals surface area contributed by atoms with Gasteiger partial charge in [-0.3, -0.25) is 0 Å². The molecule has 1 aliphatic carbocycles. The van der Waals surface area contributed by atoms with Crippen molar-refractivity contribution in [1.82, 2.24) is 0 Å². The van der Waals surface area contributed by atoms with Gasteiger partial charge in [-0.05, 0) is 5.92 Å². The Balaban J connectivity index is 0. The zero-order chi connectivity index (χ0) is 9.03. The topological polar surface area (TPSA) is 23.1 Å². The van der Waals surface area contributed by atoms with Crippen molar-refractivity contribution in [2.45, 2.75) is 64.4 Å². The van der Waals surface area contributed by atoms with E-state index in [0.29, 0.717) is 5.92 Å². The molecule has 0 aromatic carbocycles. The molecule has 1 fully saturated rings. The number of halogens is 1. The summed E-state index contributed by atoms with van der Waals surface area (Å²) in [5.41, 5.74) is -0.565. The molecule has 0 bridgehead atoms. The SMILES string of the molecule is CC(C)CC1([O-])CCCCCC1.[Cl-].[Mg+2]. The van der Waals surface area contributed by atoms with Gasteiger partial charge in [0.2, 0.25) is 0 Å². The number of hydrogen-bond acceptors (Lipinski definition) is 1. The third kappa shape index (κ3) is 6.49. The van der Waals surface area contributed by atoms with Crippen LogP contribution in [-0.2, 0) is 0 Å². The van der Waals surface area contributed by atoms with E-state index in [4.69, 9.17) is 0 Å². The first-order chi connectivity index (χ1) is 5.62. The zero-order valence-electron chi connectivity index (χ0n) is 9.52. The van der Waals surface area contributed by atoms with Gasteiger partial charge in [0.05, 0.1) is 0 Å². The molecule has 1 rings (SSSR count). The molecule has 0 aromatic rings. The summed E-state index contributed by atoms with van der Waals surface area (Å²) in [7, 11) is 0. The smallest absolute Gasteiger partial charge is 1.00 e. The van der Waals surface area contributed by atoms with Crippen LogP contribution < -0.4 is 17.5 Å². The molecule has 1 saturated carbocycles. The quantitative estimate of drug-likeness (QED) is 0.445. The maximum atomic E-state index is 12.2. The third-order valence-corrected chi connectivity index (χ3v) is 2.80. The molecule has 0 spiro atoms. The summed E-state index contributed by atoms with van der Waals surface area (Å²) < 4.78 is 0. The van der Waals surface area contributed by atoms with Gasteiger partial charge >= 0.3 is 23.1 Å². The predicted octanol–water partition coefficient (Wildman–Crippen LogP) is -0.891. The van der Waals surface area contributed by atoms with Crippen molar-refractivity contribution in [2.24, 2.45) is 5.92 Å². The van der Waals surface area contributed by atoms with Crippen molar-refractivity contribution in [3.63, 3.8) is 0 Å². The van der Waals surface area contributed by atoms with E-state index < -0.39 is 5.60 Å². The molecule has 0 heterocycles. The number of hydrogen-bond donors (Lipinski definition) is 0. The molecule has 0 saturated heterocycles. The van der Waals surface area contributed by atoms with Crippen LogP contribution in [0.25, 0.3) is 0 Å².